The molecular formula is C12H11N5OS. The van der Waals surface area contributed by atoms with E-state index in [9.17, 15) is 0 Å². The highest BCUT2D eigenvalue weighted by Crippen LogP contribution is 2.24. The van der Waals surface area contributed by atoms with Crippen molar-refractivity contribution < 1.29 is 4.74 Å². The molecule has 0 aliphatic heterocycles. The number of hydrazine groups is 1. The molecule has 0 aliphatic rings. The first-order chi connectivity index (χ1) is 9.25. The van der Waals surface area contributed by atoms with Gasteiger partial charge < -0.3 is 10.2 Å². The zero-order chi connectivity index (χ0) is 13.7. The molecule has 6 nitrogen and oxygen atoms in total. The van der Waals surface area contributed by atoms with Gasteiger partial charge in [0.15, 0.2) is 5.16 Å². The molecule has 0 bridgehead atoms. The largest absolute Gasteiger partial charge is 0.439 e. The highest BCUT2D eigenvalue weighted by Gasteiger charge is 2.06. The van der Waals surface area contributed by atoms with Gasteiger partial charge >= 0.3 is 0 Å². The maximum atomic E-state index is 8.83. The molecule has 19 heavy (non-hydrogen) atoms. The second-order valence-electron chi connectivity index (χ2n) is 3.46. The predicted octanol–water partition coefficient (Wildman–Crippen LogP) is 2.15. The van der Waals surface area contributed by atoms with Crippen molar-refractivity contribution >= 4 is 17.6 Å². The van der Waals surface area contributed by atoms with Crippen LogP contribution in [0.5, 0.6) is 11.6 Å². The van der Waals surface area contributed by atoms with Crippen LogP contribution in [-0.2, 0) is 0 Å². The summed E-state index contributed by atoms with van der Waals surface area (Å²) in [5, 5.41) is 9.37. The Labute approximate surface area is 114 Å². The molecule has 1 aromatic heterocycles. The number of nitrogens with two attached hydrogens (primary N) is 1. The molecule has 7 heteroatoms. The van der Waals surface area contributed by atoms with Crippen molar-refractivity contribution in [3.8, 4) is 17.7 Å². The Balaban J connectivity index is 2.29. The second kappa shape index (κ2) is 6.04. The van der Waals surface area contributed by atoms with Crippen molar-refractivity contribution in [3.05, 3.63) is 35.9 Å². The summed E-state index contributed by atoms with van der Waals surface area (Å²) in [5.41, 5.74) is 2.98. The molecule has 0 amide bonds. The van der Waals surface area contributed by atoms with Crippen LogP contribution in [0.4, 0.5) is 5.82 Å². The Morgan fingerprint density at radius 2 is 2.21 bits per heavy atom. The van der Waals surface area contributed by atoms with Crippen molar-refractivity contribution in [1.82, 2.24) is 9.97 Å². The number of thioether (sulfide) groups is 1. The van der Waals surface area contributed by atoms with Crippen LogP contribution in [0.1, 0.15) is 5.56 Å². The lowest BCUT2D eigenvalue weighted by molar-refractivity contribution is 0.456. The number of hydrogen-bond acceptors (Lipinski definition) is 7. The summed E-state index contributed by atoms with van der Waals surface area (Å²) in [5.74, 6) is 6.70. The number of ether oxygens (including phenoxy) is 1. The lowest BCUT2D eigenvalue weighted by Gasteiger charge is -2.07. The van der Waals surface area contributed by atoms with Crippen LogP contribution in [0.2, 0.25) is 0 Å². The van der Waals surface area contributed by atoms with Crippen LogP contribution in [0.25, 0.3) is 0 Å². The van der Waals surface area contributed by atoms with Crippen LogP contribution in [0.15, 0.2) is 35.5 Å². The minimum Gasteiger partial charge on any atom is -0.439 e. The van der Waals surface area contributed by atoms with Crippen LogP contribution < -0.4 is 16.0 Å². The zero-order valence-electron chi connectivity index (χ0n) is 10.1. The molecule has 1 aromatic carbocycles. The topological polar surface area (TPSA) is 96.9 Å². The van der Waals surface area contributed by atoms with E-state index in [4.69, 9.17) is 15.8 Å². The average molecular weight is 273 g/mol. The minimum absolute atomic E-state index is 0.363. The van der Waals surface area contributed by atoms with Gasteiger partial charge in [-0.3, -0.25) is 0 Å². The van der Waals surface area contributed by atoms with Gasteiger partial charge in [0.2, 0.25) is 5.88 Å². The van der Waals surface area contributed by atoms with Gasteiger partial charge in [0, 0.05) is 6.07 Å². The highest BCUT2D eigenvalue weighted by molar-refractivity contribution is 7.98. The molecule has 0 fully saturated rings. The summed E-state index contributed by atoms with van der Waals surface area (Å²) in [7, 11) is 0. The van der Waals surface area contributed by atoms with Crippen LogP contribution in [0, 0.1) is 11.3 Å². The number of nitrogens with zero attached hydrogens (tertiary/aromatic N) is 3. The van der Waals surface area contributed by atoms with Crippen LogP contribution in [-0.4, -0.2) is 16.2 Å². The molecule has 0 unspecified atom stereocenters. The molecule has 2 aromatic rings. The first-order valence-electron chi connectivity index (χ1n) is 5.33. The van der Waals surface area contributed by atoms with Crippen LogP contribution in [0.3, 0.4) is 0 Å². The third-order valence-electron chi connectivity index (χ3n) is 2.20. The number of nitrogens with one attached hydrogen (secondary N) is 1. The average Bonchev–Trinajstić information content (AvgIpc) is 2.47. The van der Waals surface area contributed by atoms with E-state index in [2.05, 4.69) is 15.4 Å². The lowest BCUT2D eigenvalue weighted by Crippen LogP contribution is -2.09. The van der Waals surface area contributed by atoms with Gasteiger partial charge in [-0.15, -0.1) is 0 Å². The summed E-state index contributed by atoms with van der Waals surface area (Å²) in [4.78, 5) is 8.33. The van der Waals surface area contributed by atoms with Gasteiger partial charge in [-0.2, -0.15) is 10.2 Å². The van der Waals surface area contributed by atoms with E-state index in [0.29, 0.717) is 28.2 Å². The van der Waals surface area contributed by atoms with E-state index in [1.807, 2.05) is 12.3 Å². The fourth-order valence-electron chi connectivity index (χ4n) is 1.37. The summed E-state index contributed by atoms with van der Waals surface area (Å²) in [6.45, 7) is 0. The van der Waals surface area contributed by atoms with Crippen molar-refractivity contribution in [1.29, 1.82) is 5.26 Å². The molecule has 0 spiro atoms. The Kier molecular flexibility index (Phi) is 4.18. The van der Waals surface area contributed by atoms with Gasteiger partial charge in [0.25, 0.3) is 0 Å². The highest BCUT2D eigenvalue weighted by atomic mass is 32.2. The van der Waals surface area contributed by atoms with Crippen LogP contribution >= 0.6 is 11.8 Å². The molecule has 0 saturated carbocycles. The third-order valence-corrected chi connectivity index (χ3v) is 2.75. The summed E-state index contributed by atoms with van der Waals surface area (Å²) >= 11 is 1.38. The van der Waals surface area contributed by atoms with Gasteiger partial charge in [-0.25, -0.2) is 10.8 Å². The normalized spacial score (nSPS) is 9.74. The van der Waals surface area contributed by atoms with E-state index < -0.39 is 0 Å². The Morgan fingerprint density at radius 3 is 2.89 bits per heavy atom. The van der Waals surface area contributed by atoms with E-state index in [0.717, 1.165) is 0 Å². The maximum Gasteiger partial charge on any atom is 0.225 e. The molecule has 3 N–H and O–H groups in total. The number of anilines is 1. The number of nitrogen functional groups attached to an aromatic ring is 1. The summed E-state index contributed by atoms with van der Waals surface area (Å²) in [6.07, 6.45) is 1.86. The molecule has 1 heterocycles. The maximum absolute atomic E-state index is 8.83. The van der Waals surface area contributed by atoms with Crippen molar-refractivity contribution in [2.45, 2.75) is 5.16 Å². The molecule has 0 aliphatic carbocycles. The first kappa shape index (κ1) is 13.1. The minimum atomic E-state index is 0.363. The Morgan fingerprint density at radius 1 is 1.37 bits per heavy atom. The number of benzene rings is 1. The first-order valence-corrected chi connectivity index (χ1v) is 6.55. The van der Waals surface area contributed by atoms with E-state index in [-0.39, 0.29) is 0 Å². The SMILES string of the molecule is CSc1nc(NN)cc(Oc2cccc(C#N)c2)n1. The monoisotopic (exact) mass is 273 g/mol. The standard InChI is InChI=1S/C12H11N5OS/c1-19-12-15-10(17-14)6-11(16-12)18-9-4-2-3-8(5-9)7-13/h2-6H,14H2,1H3,(H,15,16,17). The molecule has 96 valence electrons. The third kappa shape index (κ3) is 3.34. The molecule has 0 saturated heterocycles. The Bertz CT molecular complexity index is 604. The molecular weight excluding hydrogens is 262 g/mol. The lowest BCUT2D eigenvalue weighted by atomic mass is 10.2. The van der Waals surface area contributed by atoms with Crippen molar-refractivity contribution in [3.63, 3.8) is 0 Å². The fourth-order valence-corrected chi connectivity index (χ4v) is 1.74. The number of hydrogen-bond donors (Lipinski definition) is 2. The van der Waals surface area contributed by atoms with E-state index >= 15 is 0 Å². The van der Waals surface area contributed by atoms with E-state index in [1.165, 1.54) is 11.8 Å². The predicted molar refractivity (Wildman–Crippen MR) is 72.9 cm³/mol. The number of rotatable bonds is 4. The van der Waals surface area contributed by atoms with Gasteiger partial charge in [-0.1, -0.05) is 17.8 Å². The quantitative estimate of drug-likeness (QED) is 0.381. The molecule has 0 radical (unpaired) electrons. The fraction of sp³-hybridized carbons (Fsp3) is 0.0833. The smallest absolute Gasteiger partial charge is 0.225 e. The summed E-state index contributed by atoms with van der Waals surface area (Å²) < 4.78 is 5.59. The zero-order valence-corrected chi connectivity index (χ0v) is 10.9. The summed E-state index contributed by atoms with van der Waals surface area (Å²) in [6, 6.07) is 10.5. The van der Waals surface area contributed by atoms with Gasteiger partial charge in [-0.05, 0) is 24.5 Å². The number of aromatic nitrogens is 2. The van der Waals surface area contributed by atoms with Crippen molar-refractivity contribution in [2.75, 3.05) is 11.7 Å². The molecule has 0 atom stereocenters. The number of nitriles is 1. The second-order valence-corrected chi connectivity index (χ2v) is 4.24. The van der Waals surface area contributed by atoms with Crippen molar-refractivity contribution in [2.24, 2.45) is 5.84 Å². The van der Waals surface area contributed by atoms with Gasteiger partial charge in [0.05, 0.1) is 11.6 Å². The van der Waals surface area contributed by atoms with E-state index in [1.54, 1.807) is 30.3 Å². The molecule has 2 rings (SSSR count). The van der Waals surface area contributed by atoms with Gasteiger partial charge in [0.1, 0.15) is 11.6 Å². The Hall–Kier alpha value is -2.30.